The van der Waals surface area contributed by atoms with Crippen molar-refractivity contribution in [1.29, 1.82) is 0 Å². The molecule has 6 N–H and O–H groups in total. The molecule has 8 rings (SSSR count). The summed E-state index contributed by atoms with van der Waals surface area (Å²) >= 11 is 0. The van der Waals surface area contributed by atoms with Gasteiger partial charge < -0.3 is 49.7 Å². The fraction of sp³-hybridized carbons (Fsp3) is 0.362. The molecule has 338 valence electrons. The number of hydrogen-bond donors (Lipinski definition) is 6. The lowest BCUT2D eigenvalue weighted by Crippen LogP contribution is -2.60. The van der Waals surface area contributed by atoms with Gasteiger partial charge in [0.05, 0.1) is 31.4 Å². The molecule has 3 saturated heterocycles. The Labute approximate surface area is 366 Å². The first-order chi connectivity index (χ1) is 30.5. The number of likely N-dealkylation sites (N-methyl/N-ethyl adjacent to an activating group) is 1. The van der Waals surface area contributed by atoms with E-state index in [2.05, 4.69) is 41.1 Å². The molecule has 3 aliphatic rings. The van der Waals surface area contributed by atoms with E-state index in [1.807, 2.05) is 66.7 Å². The number of aliphatic hydroxyl groups is 1. The number of amides is 2. The van der Waals surface area contributed by atoms with Crippen LogP contribution in [0, 0.1) is 0 Å². The number of piperidine rings is 1. The Morgan fingerprint density at radius 1 is 0.906 bits per heavy atom. The number of anilines is 2. The molecule has 6 atom stereocenters. The van der Waals surface area contributed by atoms with E-state index in [0.717, 1.165) is 52.4 Å². The number of alkyl halides is 3. The molecule has 0 radical (unpaired) electrons. The molecule has 1 aromatic heterocycles. The van der Waals surface area contributed by atoms with Crippen LogP contribution in [0.3, 0.4) is 0 Å². The highest BCUT2D eigenvalue weighted by molar-refractivity contribution is 5.92. The number of phenolic OH excluding ortho intramolecular Hbond substituents is 1. The number of carbonyl (C=O) groups excluding carboxylic acids is 3. The van der Waals surface area contributed by atoms with Crippen molar-refractivity contribution in [2.24, 2.45) is 0 Å². The molecule has 4 aromatic carbocycles. The summed E-state index contributed by atoms with van der Waals surface area (Å²) in [5.41, 5.74) is 5.97. The third-order valence-corrected chi connectivity index (χ3v) is 12.2. The number of fused-ring (bicyclic) bond motifs is 6. The van der Waals surface area contributed by atoms with Gasteiger partial charge in [-0.05, 0) is 71.8 Å². The number of pyridine rings is 1. The number of aliphatic carboxylic acids is 1. The summed E-state index contributed by atoms with van der Waals surface area (Å²) in [5.74, 6) is -3.12. The number of quaternary nitrogens is 1. The van der Waals surface area contributed by atoms with Crippen LogP contribution in [-0.4, -0.2) is 94.9 Å². The summed E-state index contributed by atoms with van der Waals surface area (Å²) in [5, 5.41) is 39.6. The third kappa shape index (κ3) is 10.9. The van der Waals surface area contributed by atoms with E-state index < -0.39 is 24.3 Å². The second-order valence-corrected chi connectivity index (χ2v) is 16.9. The first-order valence-electron chi connectivity index (χ1n) is 21.0. The number of rotatable bonds is 14. The highest BCUT2D eigenvalue weighted by Crippen LogP contribution is 2.51. The molecule has 3 aliphatic heterocycles. The molecule has 0 aliphatic carbocycles. The number of halogens is 3. The van der Waals surface area contributed by atoms with E-state index in [4.69, 9.17) is 19.4 Å². The van der Waals surface area contributed by atoms with E-state index in [-0.39, 0.29) is 29.9 Å². The Morgan fingerprint density at radius 2 is 1.58 bits per heavy atom. The molecular formula is C47H50F3N5O9. The smallest absolute Gasteiger partial charge is 0.430 e. The molecule has 64 heavy (non-hydrogen) atoms. The molecule has 3 fully saturated rings. The number of carboxylic acids is 1. The van der Waals surface area contributed by atoms with Gasteiger partial charge in [-0.2, -0.15) is 13.2 Å². The Bertz CT molecular complexity index is 2510. The van der Waals surface area contributed by atoms with Crippen LogP contribution < -0.4 is 26.6 Å². The normalized spacial score (nSPS) is 20.9. The topological polar surface area (TPSA) is 205 Å². The van der Waals surface area contributed by atoms with Crippen molar-refractivity contribution < 1.29 is 56.8 Å². The van der Waals surface area contributed by atoms with E-state index in [9.17, 15) is 37.8 Å². The number of ether oxygens (including phenoxy) is 2. The molecular weight excluding hydrogens is 836 g/mol. The van der Waals surface area contributed by atoms with E-state index in [1.165, 1.54) is 12.1 Å². The van der Waals surface area contributed by atoms with Crippen LogP contribution in [0.15, 0.2) is 102 Å². The number of nitrogens with one attached hydrogen (secondary N) is 4. The van der Waals surface area contributed by atoms with Crippen LogP contribution >= 0.6 is 0 Å². The Balaban J connectivity index is 0.000000809. The summed E-state index contributed by atoms with van der Waals surface area (Å²) in [6.45, 7) is 0.758. The van der Waals surface area contributed by atoms with Gasteiger partial charge in [0.2, 0.25) is 11.5 Å². The number of unbranched alkanes of at least 4 members (excludes halogenated alkanes) is 1. The first-order valence-corrected chi connectivity index (χ1v) is 21.0. The fourth-order valence-electron chi connectivity index (χ4n) is 8.87. The lowest BCUT2D eigenvalue weighted by atomic mass is 9.96. The number of carbonyl (C=O) groups is 3. The van der Waals surface area contributed by atoms with Crippen LogP contribution in [0.1, 0.15) is 54.9 Å². The summed E-state index contributed by atoms with van der Waals surface area (Å²) < 4.78 is 44.4. The highest BCUT2D eigenvalue weighted by atomic mass is 19.4. The lowest BCUT2D eigenvalue weighted by molar-refractivity contribution is -0.938. The van der Waals surface area contributed by atoms with Crippen LogP contribution in [0.4, 0.5) is 29.3 Å². The quantitative estimate of drug-likeness (QED) is 0.0458. The number of hydrogen-bond acceptors (Lipinski definition) is 10. The average molecular weight is 886 g/mol. The summed E-state index contributed by atoms with van der Waals surface area (Å²) in [4.78, 5) is 49.2. The van der Waals surface area contributed by atoms with Crippen LogP contribution in [0.5, 0.6) is 5.75 Å². The molecule has 4 heterocycles. The number of aromatic nitrogens is 1. The zero-order valence-corrected chi connectivity index (χ0v) is 35.2. The number of phenols is 1. The molecule has 2 bridgehead atoms. The number of aromatic amines is 1. The molecule has 2 amide bonds. The van der Waals surface area contributed by atoms with Crippen molar-refractivity contribution in [2.75, 3.05) is 31.3 Å². The molecule has 0 unspecified atom stereocenters. The SMILES string of the molecule is C[N+]1(C)[C@@H]2C[C@@H](OC(=O)Nc3cc(CCCCC(=O)Nc4ccc(CNC[C@H](O)c5ccc(O)c6[nH]c(=O)ccc56)cc4)ccc3-c3ccccc3)C[C@H]1[C@@H]1O[C@@H]12.O=C([O-])C(F)(F)F. The van der Waals surface area contributed by atoms with Gasteiger partial charge in [-0.25, -0.2) is 4.79 Å². The minimum absolute atomic E-state index is 0.0515. The Hall–Kier alpha value is -6.27. The minimum atomic E-state index is -5.19. The maximum atomic E-state index is 13.3. The second-order valence-electron chi connectivity index (χ2n) is 16.9. The molecule has 0 spiro atoms. The lowest BCUT2D eigenvalue weighted by Gasteiger charge is -2.45. The predicted octanol–water partition coefficient (Wildman–Crippen LogP) is 5.68. The number of H-pyrrole nitrogens is 1. The molecule has 14 nitrogen and oxygen atoms in total. The molecule has 0 saturated carbocycles. The van der Waals surface area contributed by atoms with Crippen molar-refractivity contribution in [3.63, 3.8) is 0 Å². The van der Waals surface area contributed by atoms with Gasteiger partial charge >= 0.3 is 12.3 Å². The third-order valence-electron chi connectivity index (χ3n) is 12.2. The number of carboxylic acid groups (broad SMARTS) is 1. The van der Waals surface area contributed by atoms with Crippen LogP contribution in [0.2, 0.25) is 0 Å². The fourth-order valence-corrected chi connectivity index (χ4v) is 8.87. The number of morpholine rings is 1. The van der Waals surface area contributed by atoms with E-state index in [1.54, 1.807) is 12.1 Å². The van der Waals surface area contributed by atoms with Gasteiger partial charge in [0.25, 0.3) is 0 Å². The minimum Gasteiger partial charge on any atom is -0.542 e. The zero-order valence-electron chi connectivity index (χ0n) is 35.2. The van der Waals surface area contributed by atoms with Crippen LogP contribution in [0.25, 0.3) is 22.0 Å². The predicted molar refractivity (Wildman–Crippen MR) is 230 cm³/mol. The van der Waals surface area contributed by atoms with Crippen LogP contribution in [-0.2, 0) is 32.0 Å². The highest BCUT2D eigenvalue weighted by Gasteiger charge is 2.70. The molecule has 5 aromatic rings. The monoisotopic (exact) mass is 885 g/mol. The van der Waals surface area contributed by atoms with Gasteiger partial charge in [-0.3, -0.25) is 14.9 Å². The van der Waals surface area contributed by atoms with E-state index in [0.29, 0.717) is 71.5 Å². The first kappa shape index (κ1) is 45.7. The second kappa shape index (κ2) is 19.2. The van der Waals surface area contributed by atoms with Gasteiger partial charge in [-0.1, -0.05) is 60.7 Å². The van der Waals surface area contributed by atoms with Gasteiger partial charge in [0, 0.05) is 55.1 Å². The number of aliphatic hydroxyl groups excluding tert-OH is 1. The molecule has 17 heteroatoms. The van der Waals surface area contributed by atoms with Crippen molar-refractivity contribution in [2.45, 2.75) is 87.7 Å². The number of aromatic hydroxyl groups is 1. The van der Waals surface area contributed by atoms with Crippen molar-refractivity contribution in [3.8, 4) is 16.9 Å². The summed E-state index contributed by atoms with van der Waals surface area (Å²) in [6, 6.07) is 30.5. The summed E-state index contributed by atoms with van der Waals surface area (Å²) in [7, 11) is 4.52. The Kier molecular flexibility index (Phi) is 13.7. The summed E-state index contributed by atoms with van der Waals surface area (Å²) in [6.07, 6.45) is -1.77. The maximum absolute atomic E-state index is 13.3. The number of epoxide rings is 1. The van der Waals surface area contributed by atoms with E-state index >= 15 is 0 Å². The Morgan fingerprint density at radius 3 is 2.25 bits per heavy atom. The number of aryl methyl sites for hydroxylation is 1. The standard InChI is InChI=1S/C45H49N5O7.C2HF3O2/c1-50(2)36-23-31(24-37(50)44-43(36)57-44)56-45(55)48-35-22-27(14-17-32(35)29-9-4-3-5-10-29)8-6-7-11-40(53)47-30-15-12-28(13-16-30)25-46-26-39(52)33-18-20-38(51)42-34(33)19-21-41(54)49-42;3-2(4,5)1(6)7/h3-5,9-10,12-22,31,36-37,39,43-44,46,52H,6-8,11,23-26H2,1-2H3,(H3-,47,48,49,51,53,54,55);(H,6,7)/t31-,36-,37+,39-,43-,44+;/m0./s1. The van der Waals surface area contributed by atoms with Crippen molar-refractivity contribution >= 4 is 40.2 Å². The van der Waals surface area contributed by atoms with Crippen molar-refractivity contribution in [3.05, 3.63) is 124 Å². The average Bonchev–Trinajstić information content (AvgIpc) is 4.03. The van der Waals surface area contributed by atoms with Gasteiger partial charge in [0.1, 0.15) is 42.1 Å². The zero-order chi connectivity index (χ0) is 45.8. The van der Waals surface area contributed by atoms with Gasteiger partial charge in [-0.15, -0.1) is 0 Å². The number of nitrogens with zero attached hydrogens (tertiary/aromatic N) is 1. The van der Waals surface area contributed by atoms with Crippen molar-refractivity contribution in [1.82, 2.24) is 10.3 Å². The number of benzene rings is 4. The largest absolute Gasteiger partial charge is 0.542 e. The van der Waals surface area contributed by atoms with Gasteiger partial charge in [0.15, 0.2) is 0 Å². The maximum Gasteiger partial charge on any atom is 0.430 e.